The Morgan fingerprint density at radius 1 is 0.971 bits per heavy atom. The van der Waals surface area contributed by atoms with E-state index in [-0.39, 0.29) is 50.4 Å². The molecule has 2 aliphatic heterocycles. The van der Waals surface area contributed by atoms with Crippen LogP contribution < -0.4 is 11.1 Å². The molecule has 2 unspecified atom stereocenters. The molecule has 12 heteroatoms. The number of carbonyl (C=O) groups is 5. The molecule has 1 aromatic carbocycles. The number of nitrogens with zero attached hydrogens (tertiary/aromatic N) is 3. The molecular weight excluding hydrogens is 446 g/mol. The molecule has 2 heterocycles. The minimum Gasteiger partial charge on any atom is -0.508 e. The Hall–Kier alpha value is -3.35. The molecule has 12 nitrogen and oxygen atoms in total. The topological polar surface area (TPSA) is 163 Å². The number of aromatic hydroxyl groups is 1. The second-order valence-electron chi connectivity index (χ2n) is 8.55. The van der Waals surface area contributed by atoms with E-state index in [9.17, 15) is 29.1 Å². The van der Waals surface area contributed by atoms with Crippen LogP contribution in [-0.4, -0.2) is 100 Å². The van der Waals surface area contributed by atoms with Gasteiger partial charge in [-0.05, 0) is 38.0 Å². The number of hydrogen-bond acceptors (Lipinski definition) is 10. The van der Waals surface area contributed by atoms with Gasteiger partial charge < -0.3 is 15.6 Å². The highest BCUT2D eigenvalue weighted by molar-refractivity contribution is 6.00. The van der Waals surface area contributed by atoms with Crippen molar-refractivity contribution in [1.82, 2.24) is 20.0 Å². The van der Waals surface area contributed by atoms with Gasteiger partial charge in [0.1, 0.15) is 11.8 Å². The number of amides is 4. The van der Waals surface area contributed by atoms with E-state index in [0.717, 1.165) is 10.5 Å². The quantitative estimate of drug-likeness (QED) is 0.288. The zero-order chi connectivity index (χ0) is 25.0. The average molecular weight is 476 g/mol. The third-order valence-corrected chi connectivity index (χ3v) is 6.13. The van der Waals surface area contributed by atoms with Gasteiger partial charge in [0.25, 0.3) is 0 Å². The van der Waals surface area contributed by atoms with Crippen molar-refractivity contribution in [2.75, 3.05) is 32.9 Å². The van der Waals surface area contributed by atoms with Gasteiger partial charge in [-0.3, -0.25) is 39.1 Å². The highest BCUT2D eigenvalue weighted by Crippen LogP contribution is 2.16. The van der Waals surface area contributed by atoms with Gasteiger partial charge in [0, 0.05) is 12.1 Å². The summed E-state index contributed by atoms with van der Waals surface area (Å²) in [6.45, 7) is 3.07. The van der Waals surface area contributed by atoms with E-state index in [1.807, 2.05) is 13.8 Å². The van der Waals surface area contributed by atoms with Crippen LogP contribution in [0.5, 0.6) is 5.75 Å². The SMILES string of the molecule is CC(C(C)N1CC(=O)N(COC(=O)[C@@H](N)Cc2ccc(O)cc2)C(=O)C1)N1CC(=O)NC(=O)C1. The third kappa shape index (κ3) is 6.16. The predicted octanol–water partition coefficient (Wildman–Crippen LogP) is -1.83. The number of piperazine rings is 2. The molecule has 0 radical (unpaired) electrons. The maximum Gasteiger partial charge on any atom is 0.324 e. The van der Waals surface area contributed by atoms with Crippen molar-refractivity contribution in [3.63, 3.8) is 0 Å². The fourth-order valence-electron chi connectivity index (χ4n) is 3.91. The summed E-state index contributed by atoms with van der Waals surface area (Å²) < 4.78 is 5.10. The number of nitrogens with one attached hydrogen (secondary N) is 1. The van der Waals surface area contributed by atoms with Gasteiger partial charge in [-0.15, -0.1) is 0 Å². The monoisotopic (exact) mass is 475 g/mol. The Kier molecular flexibility index (Phi) is 7.97. The number of ether oxygens (including phenoxy) is 1. The Bertz CT molecular complexity index is 933. The molecule has 2 saturated heterocycles. The zero-order valence-corrected chi connectivity index (χ0v) is 19.1. The first-order chi connectivity index (χ1) is 16.0. The molecule has 2 fully saturated rings. The lowest BCUT2D eigenvalue weighted by Crippen LogP contribution is -2.62. The molecule has 4 amide bonds. The lowest BCUT2D eigenvalue weighted by atomic mass is 10.1. The van der Waals surface area contributed by atoms with E-state index in [4.69, 9.17) is 10.5 Å². The fraction of sp³-hybridized carbons (Fsp3) is 0.500. The Morgan fingerprint density at radius 2 is 1.47 bits per heavy atom. The van der Waals surface area contributed by atoms with Crippen LogP contribution in [0.4, 0.5) is 0 Å². The summed E-state index contributed by atoms with van der Waals surface area (Å²) in [5.74, 6) is -2.50. The van der Waals surface area contributed by atoms with E-state index in [1.165, 1.54) is 12.1 Å². The molecule has 2 aliphatic rings. The first-order valence-electron chi connectivity index (χ1n) is 10.9. The van der Waals surface area contributed by atoms with Gasteiger partial charge in [0.2, 0.25) is 23.6 Å². The van der Waals surface area contributed by atoms with Crippen LogP contribution in [0, 0.1) is 0 Å². The number of carbonyl (C=O) groups excluding carboxylic acids is 5. The number of phenolic OH excluding ortho intramolecular Hbond substituents is 1. The second-order valence-corrected chi connectivity index (χ2v) is 8.55. The number of hydrogen-bond donors (Lipinski definition) is 3. The summed E-state index contributed by atoms with van der Waals surface area (Å²) in [5, 5.41) is 11.6. The lowest BCUT2D eigenvalue weighted by Gasteiger charge is -2.41. The van der Waals surface area contributed by atoms with Crippen molar-refractivity contribution >= 4 is 29.6 Å². The summed E-state index contributed by atoms with van der Waals surface area (Å²) in [6.07, 6.45) is 0.168. The molecule has 34 heavy (non-hydrogen) atoms. The molecular formula is C22H29N5O7. The van der Waals surface area contributed by atoms with E-state index >= 15 is 0 Å². The van der Waals surface area contributed by atoms with E-state index in [0.29, 0.717) is 0 Å². The molecule has 1 aromatic rings. The molecule has 0 spiro atoms. The van der Waals surface area contributed by atoms with Crippen LogP contribution >= 0.6 is 0 Å². The van der Waals surface area contributed by atoms with Crippen molar-refractivity contribution < 1.29 is 33.8 Å². The highest BCUT2D eigenvalue weighted by Gasteiger charge is 2.38. The molecule has 0 aliphatic carbocycles. The number of nitrogens with two attached hydrogens (primary N) is 1. The van der Waals surface area contributed by atoms with Gasteiger partial charge in [-0.2, -0.15) is 0 Å². The summed E-state index contributed by atoms with van der Waals surface area (Å²) in [4.78, 5) is 65.0. The van der Waals surface area contributed by atoms with E-state index < -0.39 is 42.4 Å². The largest absolute Gasteiger partial charge is 0.508 e. The molecule has 0 aromatic heterocycles. The minimum atomic E-state index is -0.999. The molecule has 3 rings (SSSR count). The van der Waals surface area contributed by atoms with E-state index in [1.54, 1.807) is 21.9 Å². The van der Waals surface area contributed by atoms with Gasteiger partial charge >= 0.3 is 5.97 Å². The maximum atomic E-state index is 12.6. The Morgan fingerprint density at radius 3 is 2.00 bits per heavy atom. The van der Waals surface area contributed by atoms with Crippen LogP contribution in [0.15, 0.2) is 24.3 Å². The first kappa shape index (κ1) is 25.3. The summed E-state index contributed by atoms with van der Waals surface area (Å²) in [5.41, 5.74) is 6.59. The lowest BCUT2D eigenvalue weighted by molar-refractivity contribution is -0.165. The van der Waals surface area contributed by atoms with Gasteiger partial charge in [-0.25, -0.2) is 4.90 Å². The number of benzene rings is 1. The van der Waals surface area contributed by atoms with Gasteiger partial charge in [0.05, 0.1) is 26.2 Å². The van der Waals surface area contributed by atoms with Crippen molar-refractivity contribution in [3.8, 4) is 5.75 Å². The van der Waals surface area contributed by atoms with Crippen molar-refractivity contribution in [2.45, 2.75) is 38.4 Å². The smallest absolute Gasteiger partial charge is 0.324 e. The molecule has 184 valence electrons. The van der Waals surface area contributed by atoms with Crippen LogP contribution in [0.3, 0.4) is 0 Å². The van der Waals surface area contributed by atoms with Gasteiger partial charge in [0.15, 0.2) is 6.73 Å². The van der Waals surface area contributed by atoms with E-state index in [2.05, 4.69) is 5.32 Å². The minimum absolute atomic E-state index is 0.0550. The predicted molar refractivity (Wildman–Crippen MR) is 118 cm³/mol. The molecule has 4 N–H and O–H groups in total. The van der Waals surface area contributed by atoms with Crippen LogP contribution in [0.1, 0.15) is 19.4 Å². The normalized spacial score (nSPS) is 20.6. The van der Waals surface area contributed by atoms with Crippen LogP contribution in [-0.2, 0) is 35.1 Å². The van der Waals surface area contributed by atoms with Gasteiger partial charge in [-0.1, -0.05) is 12.1 Å². The number of imide groups is 2. The average Bonchev–Trinajstić information content (AvgIpc) is 2.78. The van der Waals surface area contributed by atoms with Crippen molar-refractivity contribution in [3.05, 3.63) is 29.8 Å². The second kappa shape index (κ2) is 10.7. The number of phenols is 1. The first-order valence-corrected chi connectivity index (χ1v) is 10.9. The number of rotatable bonds is 8. The fourth-order valence-corrected chi connectivity index (χ4v) is 3.91. The van der Waals surface area contributed by atoms with Crippen molar-refractivity contribution in [2.24, 2.45) is 5.73 Å². The highest BCUT2D eigenvalue weighted by atomic mass is 16.5. The maximum absolute atomic E-state index is 12.6. The Balaban J connectivity index is 1.51. The molecule has 0 bridgehead atoms. The molecule has 0 saturated carbocycles. The summed E-state index contributed by atoms with van der Waals surface area (Å²) in [6, 6.07) is 4.65. The van der Waals surface area contributed by atoms with Crippen molar-refractivity contribution in [1.29, 1.82) is 0 Å². The Labute approximate surface area is 196 Å². The standard InChI is InChI=1S/C22H29N5O7/c1-13(25-8-18(29)24-19(30)9-25)14(2)26-10-20(31)27(21(32)11-26)12-34-22(33)17(23)7-15-3-5-16(28)6-4-15/h3-6,13-14,17,28H,7-12,23H2,1-2H3,(H,24,29,30)/t13?,14?,17-/m0/s1. The van der Waals surface area contributed by atoms with Crippen LogP contribution in [0.2, 0.25) is 0 Å². The summed E-state index contributed by atoms with van der Waals surface area (Å²) >= 11 is 0. The third-order valence-electron chi connectivity index (χ3n) is 6.13. The van der Waals surface area contributed by atoms with Crippen LogP contribution in [0.25, 0.3) is 0 Å². The molecule has 3 atom stereocenters. The zero-order valence-electron chi connectivity index (χ0n) is 19.1. The summed E-state index contributed by atoms with van der Waals surface area (Å²) in [7, 11) is 0. The number of esters is 1.